The van der Waals surface area contributed by atoms with Crippen molar-refractivity contribution in [3.8, 4) is 11.1 Å². The number of fused-ring (bicyclic) bond motifs is 4. The van der Waals surface area contributed by atoms with Crippen molar-refractivity contribution in [3.05, 3.63) is 89.6 Å². The summed E-state index contributed by atoms with van der Waals surface area (Å²) >= 11 is 6.14. The molecule has 0 saturated carbocycles. The average Bonchev–Trinajstić information content (AvgIpc) is 2.93. The first-order chi connectivity index (χ1) is 19.1. The maximum absolute atomic E-state index is 13.1. The second-order valence-electron chi connectivity index (χ2n) is 9.95. The van der Waals surface area contributed by atoms with E-state index in [9.17, 15) is 13.2 Å². The van der Waals surface area contributed by atoms with Gasteiger partial charge in [-0.05, 0) is 73.9 Å². The summed E-state index contributed by atoms with van der Waals surface area (Å²) in [6.45, 7) is 4.49. The van der Waals surface area contributed by atoms with Crippen LogP contribution in [0.4, 0.5) is 23.1 Å². The van der Waals surface area contributed by atoms with Crippen LogP contribution in [-0.4, -0.2) is 37.4 Å². The molecule has 5 rings (SSSR count). The van der Waals surface area contributed by atoms with Gasteiger partial charge in [-0.25, -0.2) is 18.1 Å². The van der Waals surface area contributed by atoms with Crippen molar-refractivity contribution in [2.45, 2.75) is 30.6 Å². The maximum Gasteiger partial charge on any atom is 0.240 e. The Kier molecular flexibility index (Phi) is 7.75. The Labute approximate surface area is 238 Å². The SMILES string of the molecule is CC(C)(C(=O)Nc1ccc(-c2cnc3nc2NCCCNS(=O)(=O)c2cccc(c2)N3)cc1)c1cccc(Cl)c1. The standard InChI is InChI=1S/C29H29ClN6O3S/c1-29(2,20-6-3-7-21(30)16-20)27(37)34-22-12-10-19(11-13-22)25-18-32-28-35-23-8-4-9-24(17-23)40(38,39)33-15-5-14-31-26(25)36-28/h3-4,6-13,16-18,33H,5,14-15H2,1-2H3,(H,34,37)(H2,31,32,35,36). The number of rotatable bonds is 4. The molecule has 4 bridgehead atoms. The van der Waals surface area contributed by atoms with Crippen molar-refractivity contribution >= 4 is 50.7 Å². The molecule has 206 valence electrons. The lowest BCUT2D eigenvalue weighted by molar-refractivity contribution is -0.120. The molecule has 0 radical (unpaired) electrons. The number of carbonyl (C=O) groups excluding carboxylic acids is 1. The summed E-state index contributed by atoms with van der Waals surface area (Å²) in [5, 5.41) is 9.97. The van der Waals surface area contributed by atoms with Crippen LogP contribution in [-0.2, 0) is 20.2 Å². The number of anilines is 4. The van der Waals surface area contributed by atoms with Crippen molar-refractivity contribution in [3.63, 3.8) is 0 Å². The molecule has 1 aromatic heterocycles. The van der Waals surface area contributed by atoms with Crippen LogP contribution in [0.1, 0.15) is 25.8 Å². The highest BCUT2D eigenvalue weighted by Gasteiger charge is 2.30. The van der Waals surface area contributed by atoms with E-state index in [0.717, 1.165) is 16.7 Å². The third kappa shape index (κ3) is 6.09. The van der Waals surface area contributed by atoms with E-state index in [4.69, 9.17) is 11.6 Å². The van der Waals surface area contributed by atoms with Gasteiger partial charge in [-0.1, -0.05) is 41.9 Å². The van der Waals surface area contributed by atoms with E-state index < -0.39 is 15.4 Å². The van der Waals surface area contributed by atoms with Crippen molar-refractivity contribution in [1.29, 1.82) is 0 Å². The van der Waals surface area contributed by atoms with E-state index in [1.807, 2.05) is 50.2 Å². The van der Waals surface area contributed by atoms with Gasteiger partial charge in [0.25, 0.3) is 0 Å². The summed E-state index contributed by atoms with van der Waals surface area (Å²) in [5.41, 5.74) is 2.88. The third-order valence-corrected chi connectivity index (χ3v) is 8.39. The monoisotopic (exact) mass is 576 g/mol. The summed E-state index contributed by atoms with van der Waals surface area (Å²) in [7, 11) is -3.62. The summed E-state index contributed by atoms with van der Waals surface area (Å²) in [6, 6.07) is 21.3. The van der Waals surface area contributed by atoms with Crippen LogP contribution >= 0.6 is 11.6 Å². The Morgan fingerprint density at radius 3 is 2.55 bits per heavy atom. The Bertz CT molecular complexity index is 1660. The quantitative estimate of drug-likeness (QED) is 0.251. The molecule has 4 N–H and O–H groups in total. The number of nitrogens with zero attached hydrogens (tertiary/aromatic N) is 2. The molecular formula is C29H29ClN6O3S. The molecule has 0 aliphatic carbocycles. The Hall–Kier alpha value is -3.99. The van der Waals surface area contributed by atoms with Crippen molar-refractivity contribution in [1.82, 2.24) is 14.7 Å². The predicted octanol–water partition coefficient (Wildman–Crippen LogP) is 5.55. The molecule has 2 heterocycles. The fraction of sp³-hybridized carbons (Fsp3) is 0.207. The van der Waals surface area contributed by atoms with Crippen LogP contribution < -0.4 is 20.7 Å². The van der Waals surface area contributed by atoms with E-state index >= 15 is 0 Å². The number of sulfonamides is 1. The number of halogens is 1. The number of amides is 1. The minimum atomic E-state index is -3.62. The minimum Gasteiger partial charge on any atom is -0.369 e. The molecule has 40 heavy (non-hydrogen) atoms. The number of hydrogen-bond donors (Lipinski definition) is 4. The molecule has 11 heteroatoms. The number of nitrogens with one attached hydrogen (secondary N) is 4. The molecule has 9 nitrogen and oxygen atoms in total. The largest absolute Gasteiger partial charge is 0.369 e. The van der Waals surface area contributed by atoms with Crippen LogP contribution in [0.3, 0.4) is 0 Å². The number of carbonyl (C=O) groups is 1. The first kappa shape index (κ1) is 27.6. The summed E-state index contributed by atoms with van der Waals surface area (Å²) < 4.78 is 27.8. The van der Waals surface area contributed by atoms with E-state index in [2.05, 4.69) is 30.6 Å². The highest BCUT2D eigenvalue weighted by Crippen LogP contribution is 2.31. The van der Waals surface area contributed by atoms with Crippen LogP contribution in [0.25, 0.3) is 11.1 Å². The van der Waals surface area contributed by atoms with Crippen LogP contribution in [0.5, 0.6) is 0 Å². The topological polar surface area (TPSA) is 125 Å². The van der Waals surface area contributed by atoms with Gasteiger partial charge in [0.15, 0.2) is 0 Å². The normalized spacial score (nSPS) is 14.9. The summed E-state index contributed by atoms with van der Waals surface area (Å²) in [4.78, 5) is 22.4. The summed E-state index contributed by atoms with van der Waals surface area (Å²) in [6.07, 6.45) is 2.27. The molecule has 1 aliphatic rings. The highest BCUT2D eigenvalue weighted by molar-refractivity contribution is 7.89. The molecule has 0 spiro atoms. The zero-order valence-electron chi connectivity index (χ0n) is 22.0. The van der Waals surface area contributed by atoms with Crippen molar-refractivity contribution < 1.29 is 13.2 Å². The van der Waals surface area contributed by atoms with Gasteiger partial charge in [0.2, 0.25) is 21.9 Å². The summed E-state index contributed by atoms with van der Waals surface area (Å²) in [5.74, 6) is 0.787. The Morgan fingerprint density at radius 1 is 1.00 bits per heavy atom. The lowest BCUT2D eigenvalue weighted by Crippen LogP contribution is -2.34. The van der Waals surface area contributed by atoms with Gasteiger partial charge in [0.05, 0.1) is 10.3 Å². The molecule has 0 saturated heterocycles. The van der Waals surface area contributed by atoms with Crippen LogP contribution in [0.15, 0.2) is 83.9 Å². The molecule has 1 amide bonds. The van der Waals surface area contributed by atoms with Gasteiger partial charge in [0.1, 0.15) is 5.82 Å². The van der Waals surface area contributed by atoms with E-state index in [-0.39, 0.29) is 17.3 Å². The van der Waals surface area contributed by atoms with Gasteiger partial charge >= 0.3 is 0 Å². The number of aromatic nitrogens is 2. The predicted molar refractivity (Wildman–Crippen MR) is 159 cm³/mol. The smallest absolute Gasteiger partial charge is 0.240 e. The average molecular weight is 577 g/mol. The number of benzene rings is 3. The first-order valence-electron chi connectivity index (χ1n) is 12.8. The lowest BCUT2D eigenvalue weighted by Gasteiger charge is -2.24. The lowest BCUT2D eigenvalue weighted by atomic mass is 9.83. The molecule has 0 unspecified atom stereocenters. The molecule has 3 aromatic carbocycles. The van der Waals surface area contributed by atoms with Crippen LogP contribution in [0, 0.1) is 0 Å². The molecule has 0 fully saturated rings. The van der Waals surface area contributed by atoms with Crippen molar-refractivity contribution in [2.24, 2.45) is 0 Å². The van der Waals surface area contributed by atoms with E-state index in [0.29, 0.717) is 41.1 Å². The van der Waals surface area contributed by atoms with Gasteiger partial charge in [-0.15, -0.1) is 0 Å². The van der Waals surface area contributed by atoms with Gasteiger partial charge in [-0.3, -0.25) is 4.79 Å². The zero-order valence-corrected chi connectivity index (χ0v) is 23.6. The molecule has 1 aliphatic heterocycles. The zero-order chi connectivity index (χ0) is 28.3. The number of hydrogen-bond acceptors (Lipinski definition) is 7. The molecule has 0 atom stereocenters. The van der Waals surface area contributed by atoms with Gasteiger partial charge in [-0.2, -0.15) is 4.98 Å². The third-order valence-electron chi connectivity index (χ3n) is 6.70. The van der Waals surface area contributed by atoms with Crippen LogP contribution in [0.2, 0.25) is 5.02 Å². The highest BCUT2D eigenvalue weighted by atomic mass is 35.5. The minimum absolute atomic E-state index is 0.152. The van der Waals surface area contributed by atoms with E-state index in [1.54, 1.807) is 42.6 Å². The Morgan fingerprint density at radius 2 is 1.77 bits per heavy atom. The maximum atomic E-state index is 13.1. The van der Waals surface area contributed by atoms with E-state index in [1.165, 1.54) is 0 Å². The second-order valence-corrected chi connectivity index (χ2v) is 12.2. The second kappa shape index (κ2) is 11.2. The Balaban J connectivity index is 1.37. The fourth-order valence-electron chi connectivity index (χ4n) is 4.27. The molecule has 4 aromatic rings. The fourth-order valence-corrected chi connectivity index (χ4v) is 5.58. The van der Waals surface area contributed by atoms with Crippen molar-refractivity contribution in [2.75, 3.05) is 29.0 Å². The molecular weight excluding hydrogens is 548 g/mol. The van der Waals surface area contributed by atoms with Gasteiger partial charge in [0, 0.05) is 41.2 Å². The first-order valence-corrected chi connectivity index (χ1v) is 14.6. The van der Waals surface area contributed by atoms with Gasteiger partial charge < -0.3 is 16.0 Å².